The molecule has 0 saturated heterocycles. The van der Waals surface area contributed by atoms with Gasteiger partial charge in [-0.1, -0.05) is 6.07 Å². The Bertz CT molecular complexity index is 630. The third-order valence-electron chi connectivity index (χ3n) is 2.45. The fraction of sp³-hybridized carbons (Fsp3) is 0.0769. The van der Waals surface area contributed by atoms with Crippen molar-refractivity contribution >= 4 is 38.9 Å². The first kappa shape index (κ1) is 12.8. The molecule has 2 aromatic rings. The standard InChI is InChI=1S/C13H9BrN2OS/c1-16(10-4-2-3-9(7-10)8-15)13(17)11-5-6-12(14)18-11/h2-7H,1H3. The summed E-state index contributed by atoms with van der Waals surface area (Å²) in [6.45, 7) is 0. The minimum Gasteiger partial charge on any atom is -0.311 e. The zero-order chi connectivity index (χ0) is 13.1. The van der Waals surface area contributed by atoms with E-state index in [1.165, 1.54) is 11.3 Å². The van der Waals surface area contributed by atoms with Crippen LogP contribution in [0.3, 0.4) is 0 Å². The lowest BCUT2D eigenvalue weighted by Gasteiger charge is -2.16. The quantitative estimate of drug-likeness (QED) is 0.847. The molecular formula is C13H9BrN2OS. The molecule has 0 aliphatic rings. The van der Waals surface area contributed by atoms with E-state index in [0.29, 0.717) is 16.1 Å². The summed E-state index contributed by atoms with van der Waals surface area (Å²) in [5, 5.41) is 8.85. The van der Waals surface area contributed by atoms with Gasteiger partial charge >= 0.3 is 0 Å². The lowest BCUT2D eigenvalue weighted by molar-refractivity contribution is 0.0997. The minimum atomic E-state index is -0.0826. The molecule has 0 aliphatic carbocycles. The Morgan fingerprint density at radius 1 is 1.39 bits per heavy atom. The van der Waals surface area contributed by atoms with Crippen LogP contribution in [0.4, 0.5) is 5.69 Å². The lowest BCUT2D eigenvalue weighted by atomic mass is 10.2. The number of halogens is 1. The van der Waals surface area contributed by atoms with Crippen LogP contribution in [0.15, 0.2) is 40.2 Å². The summed E-state index contributed by atoms with van der Waals surface area (Å²) in [4.78, 5) is 14.4. The zero-order valence-corrected chi connectivity index (χ0v) is 12.0. The number of benzene rings is 1. The molecule has 0 N–H and O–H groups in total. The molecule has 3 nitrogen and oxygen atoms in total. The Hall–Kier alpha value is -1.64. The van der Waals surface area contributed by atoms with Crippen LogP contribution in [0.1, 0.15) is 15.2 Å². The van der Waals surface area contributed by atoms with Gasteiger partial charge in [-0.25, -0.2) is 0 Å². The van der Waals surface area contributed by atoms with Crippen molar-refractivity contribution in [2.45, 2.75) is 0 Å². The van der Waals surface area contributed by atoms with Crippen LogP contribution in [0.5, 0.6) is 0 Å². The molecule has 1 aromatic carbocycles. The van der Waals surface area contributed by atoms with Crippen LogP contribution < -0.4 is 4.90 Å². The van der Waals surface area contributed by atoms with Gasteiger partial charge in [0.2, 0.25) is 0 Å². The van der Waals surface area contributed by atoms with Gasteiger partial charge in [0.1, 0.15) is 0 Å². The second-order valence-electron chi connectivity index (χ2n) is 3.63. The topological polar surface area (TPSA) is 44.1 Å². The third-order valence-corrected chi connectivity index (χ3v) is 4.06. The van der Waals surface area contributed by atoms with Gasteiger partial charge in [-0.3, -0.25) is 4.79 Å². The summed E-state index contributed by atoms with van der Waals surface area (Å²) < 4.78 is 0.921. The van der Waals surface area contributed by atoms with Gasteiger partial charge in [0, 0.05) is 12.7 Å². The van der Waals surface area contributed by atoms with Crippen molar-refractivity contribution in [3.63, 3.8) is 0 Å². The molecule has 0 aliphatic heterocycles. The smallest absolute Gasteiger partial charge is 0.268 e. The van der Waals surface area contributed by atoms with E-state index in [9.17, 15) is 4.79 Å². The Morgan fingerprint density at radius 2 is 2.17 bits per heavy atom. The highest BCUT2D eigenvalue weighted by molar-refractivity contribution is 9.11. The van der Waals surface area contributed by atoms with Crippen molar-refractivity contribution in [2.75, 3.05) is 11.9 Å². The van der Waals surface area contributed by atoms with E-state index in [1.54, 1.807) is 42.3 Å². The molecule has 5 heteroatoms. The lowest BCUT2D eigenvalue weighted by Crippen LogP contribution is -2.25. The number of thiophene rings is 1. The van der Waals surface area contributed by atoms with Gasteiger partial charge in [0.15, 0.2) is 0 Å². The first-order chi connectivity index (χ1) is 8.61. The number of hydrogen-bond acceptors (Lipinski definition) is 3. The molecule has 2 rings (SSSR count). The van der Waals surface area contributed by atoms with E-state index in [0.717, 1.165) is 3.79 Å². The SMILES string of the molecule is CN(C(=O)c1ccc(Br)s1)c1cccc(C#N)c1. The number of carbonyl (C=O) groups is 1. The molecule has 90 valence electrons. The van der Waals surface area contributed by atoms with Crippen LogP contribution in [-0.2, 0) is 0 Å². The van der Waals surface area contributed by atoms with Crippen molar-refractivity contribution in [1.29, 1.82) is 5.26 Å². The molecular weight excluding hydrogens is 312 g/mol. The fourth-order valence-electron chi connectivity index (χ4n) is 1.50. The molecule has 0 bridgehead atoms. The summed E-state index contributed by atoms with van der Waals surface area (Å²) in [5.74, 6) is -0.0826. The van der Waals surface area contributed by atoms with Gasteiger partial charge in [0.25, 0.3) is 5.91 Å². The number of amides is 1. The van der Waals surface area contributed by atoms with Crippen LogP contribution >= 0.6 is 27.3 Å². The second kappa shape index (κ2) is 5.34. The first-order valence-corrected chi connectivity index (χ1v) is 6.76. The average Bonchev–Trinajstić information content (AvgIpc) is 2.83. The molecule has 0 radical (unpaired) electrons. The van der Waals surface area contributed by atoms with E-state index < -0.39 is 0 Å². The van der Waals surface area contributed by atoms with Crippen molar-refractivity contribution in [3.8, 4) is 6.07 Å². The van der Waals surface area contributed by atoms with Gasteiger partial charge in [0.05, 0.1) is 20.3 Å². The Labute approximate surface area is 117 Å². The molecule has 0 saturated carbocycles. The predicted octanol–water partition coefficient (Wildman–Crippen LogP) is 3.66. The minimum absolute atomic E-state index is 0.0826. The number of hydrogen-bond donors (Lipinski definition) is 0. The average molecular weight is 321 g/mol. The normalized spacial score (nSPS) is 9.83. The zero-order valence-electron chi connectivity index (χ0n) is 9.55. The number of anilines is 1. The van der Waals surface area contributed by atoms with E-state index in [-0.39, 0.29) is 5.91 Å². The molecule has 18 heavy (non-hydrogen) atoms. The van der Waals surface area contributed by atoms with Crippen molar-refractivity contribution < 1.29 is 4.79 Å². The molecule has 0 atom stereocenters. The molecule has 0 unspecified atom stereocenters. The monoisotopic (exact) mass is 320 g/mol. The Balaban J connectivity index is 2.28. The number of nitriles is 1. The van der Waals surface area contributed by atoms with Crippen LogP contribution in [-0.4, -0.2) is 13.0 Å². The summed E-state index contributed by atoms with van der Waals surface area (Å²) in [6, 6.07) is 12.7. The highest BCUT2D eigenvalue weighted by atomic mass is 79.9. The number of rotatable bonds is 2. The molecule has 1 amide bonds. The maximum absolute atomic E-state index is 12.2. The van der Waals surface area contributed by atoms with Gasteiger partial charge in [-0.2, -0.15) is 5.26 Å². The first-order valence-electron chi connectivity index (χ1n) is 5.15. The van der Waals surface area contributed by atoms with E-state index in [4.69, 9.17) is 5.26 Å². The van der Waals surface area contributed by atoms with Gasteiger partial charge < -0.3 is 4.90 Å². The fourth-order valence-corrected chi connectivity index (χ4v) is 2.86. The maximum Gasteiger partial charge on any atom is 0.268 e. The third kappa shape index (κ3) is 2.61. The molecule has 0 fully saturated rings. The van der Waals surface area contributed by atoms with Crippen LogP contribution in [0.25, 0.3) is 0 Å². The molecule has 1 aromatic heterocycles. The maximum atomic E-state index is 12.2. The Kier molecular flexibility index (Phi) is 3.80. The van der Waals surface area contributed by atoms with E-state index in [1.807, 2.05) is 6.07 Å². The summed E-state index contributed by atoms with van der Waals surface area (Å²) >= 11 is 4.72. The largest absolute Gasteiger partial charge is 0.311 e. The van der Waals surface area contributed by atoms with Crippen molar-refractivity contribution in [1.82, 2.24) is 0 Å². The van der Waals surface area contributed by atoms with Gasteiger partial charge in [-0.15, -0.1) is 11.3 Å². The highest BCUT2D eigenvalue weighted by Gasteiger charge is 2.15. The Morgan fingerprint density at radius 3 is 2.78 bits per heavy atom. The summed E-state index contributed by atoms with van der Waals surface area (Å²) in [7, 11) is 1.70. The molecule has 1 heterocycles. The van der Waals surface area contributed by atoms with E-state index >= 15 is 0 Å². The van der Waals surface area contributed by atoms with Crippen LogP contribution in [0, 0.1) is 11.3 Å². The van der Waals surface area contributed by atoms with Gasteiger partial charge in [-0.05, 0) is 46.3 Å². The summed E-state index contributed by atoms with van der Waals surface area (Å²) in [6.07, 6.45) is 0. The van der Waals surface area contributed by atoms with E-state index in [2.05, 4.69) is 22.0 Å². The number of carbonyl (C=O) groups excluding carboxylic acids is 1. The second-order valence-corrected chi connectivity index (χ2v) is 6.09. The van der Waals surface area contributed by atoms with Crippen LogP contribution in [0.2, 0.25) is 0 Å². The highest BCUT2D eigenvalue weighted by Crippen LogP contribution is 2.25. The van der Waals surface area contributed by atoms with Crippen molar-refractivity contribution in [2.24, 2.45) is 0 Å². The number of nitrogens with zero attached hydrogens (tertiary/aromatic N) is 2. The van der Waals surface area contributed by atoms with Crippen molar-refractivity contribution in [3.05, 3.63) is 50.6 Å². The summed E-state index contributed by atoms with van der Waals surface area (Å²) in [5.41, 5.74) is 1.25. The molecule has 0 spiro atoms. The predicted molar refractivity (Wildman–Crippen MR) is 75.9 cm³/mol.